The highest BCUT2D eigenvalue weighted by molar-refractivity contribution is 5.55. The second kappa shape index (κ2) is 5.86. The minimum absolute atomic E-state index is 0.850. The molecule has 0 bridgehead atoms. The van der Waals surface area contributed by atoms with Crippen molar-refractivity contribution >= 4 is 0 Å². The van der Waals surface area contributed by atoms with Crippen LogP contribution in [0.2, 0.25) is 0 Å². The van der Waals surface area contributed by atoms with Gasteiger partial charge >= 0.3 is 0 Å². The summed E-state index contributed by atoms with van der Waals surface area (Å²) in [5.74, 6) is 0. The Hall–Kier alpha value is -1.77. The zero-order chi connectivity index (χ0) is 11.1. The molecule has 0 radical (unpaired) electrons. The van der Waals surface area contributed by atoms with E-state index in [0.717, 1.165) is 17.1 Å². The zero-order valence-electron chi connectivity index (χ0n) is 9.31. The van der Waals surface area contributed by atoms with Gasteiger partial charge in [0.2, 0.25) is 0 Å². The molecule has 0 aliphatic rings. The van der Waals surface area contributed by atoms with Crippen molar-refractivity contribution < 1.29 is 0 Å². The van der Waals surface area contributed by atoms with Crippen molar-refractivity contribution in [2.75, 3.05) is 0 Å². The highest BCUT2D eigenvalue weighted by atomic mass is 14.8. The molecule has 3 heteroatoms. The van der Waals surface area contributed by atoms with Crippen LogP contribution in [0.5, 0.6) is 0 Å². The van der Waals surface area contributed by atoms with Crippen LogP contribution >= 0.6 is 0 Å². The molecule has 0 aliphatic heterocycles. The van der Waals surface area contributed by atoms with Gasteiger partial charge in [0, 0.05) is 18.6 Å². The van der Waals surface area contributed by atoms with Crippen molar-refractivity contribution in [3.8, 4) is 11.4 Å². The summed E-state index contributed by atoms with van der Waals surface area (Å²) in [6, 6.07) is 5.75. The summed E-state index contributed by atoms with van der Waals surface area (Å²) in [7, 11) is 0. The largest absolute Gasteiger partial charge is 0.258 e. The molecule has 0 aromatic carbocycles. The lowest BCUT2D eigenvalue weighted by Crippen LogP contribution is -1.92. The SMILES string of the molecule is CC.Cc1nccnc1-c1ccccn1. The molecule has 2 rings (SSSR count). The molecule has 0 atom stereocenters. The molecular formula is C12H15N3. The third-order valence-corrected chi connectivity index (χ3v) is 1.79. The van der Waals surface area contributed by atoms with Gasteiger partial charge in [-0.1, -0.05) is 19.9 Å². The van der Waals surface area contributed by atoms with Crippen LogP contribution in [-0.4, -0.2) is 15.0 Å². The van der Waals surface area contributed by atoms with Crippen LogP contribution in [0, 0.1) is 6.92 Å². The van der Waals surface area contributed by atoms with Gasteiger partial charge in [0.25, 0.3) is 0 Å². The Balaban J connectivity index is 0.000000531. The average Bonchev–Trinajstić information content (AvgIpc) is 2.33. The first-order valence-corrected chi connectivity index (χ1v) is 5.07. The summed E-state index contributed by atoms with van der Waals surface area (Å²) in [5.41, 5.74) is 2.62. The van der Waals surface area contributed by atoms with E-state index < -0.39 is 0 Å². The van der Waals surface area contributed by atoms with E-state index in [1.54, 1.807) is 18.6 Å². The van der Waals surface area contributed by atoms with Gasteiger partial charge < -0.3 is 0 Å². The van der Waals surface area contributed by atoms with Crippen molar-refractivity contribution in [2.45, 2.75) is 20.8 Å². The predicted octanol–water partition coefficient (Wildman–Crippen LogP) is 2.87. The van der Waals surface area contributed by atoms with Gasteiger partial charge in [-0.3, -0.25) is 15.0 Å². The van der Waals surface area contributed by atoms with Crippen LogP contribution in [-0.2, 0) is 0 Å². The van der Waals surface area contributed by atoms with E-state index in [1.807, 2.05) is 39.0 Å². The Kier molecular flexibility index (Phi) is 4.41. The van der Waals surface area contributed by atoms with Crippen LogP contribution in [0.4, 0.5) is 0 Å². The molecule has 3 nitrogen and oxygen atoms in total. The van der Waals surface area contributed by atoms with E-state index in [9.17, 15) is 0 Å². The Morgan fingerprint density at radius 2 is 1.60 bits per heavy atom. The van der Waals surface area contributed by atoms with Crippen molar-refractivity contribution in [1.82, 2.24) is 15.0 Å². The maximum absolute atomic E-state index is 4.22. The molecule has 0 N–H and O–H groups in total. The van der Waals surface area contributed by atoms with E-state index in [4.69, 9.17) is 0 Å². The molecule has 78 valence electrons. The molecular weight excluding hydrogens is 186 g/mol. The summed E-state index contributed by atoms with van der Waals surface area (Å²) in [5, 5.41) is 0. The number of nitrogens with zero attached hydrogens (tertiary/aromatic N) is 3. The fourth-order valence-corrected chi connectivity index (χ4v) is 1.16. The van der Waals surface area contributed by atoms with Gasteiger partial charge in [-0.05, 0) is 19.1 Å². The molecule has 0 saturated carbocycles. The van der Waals surface area contributed by atoms with Gasteiger partial charge in [-0.25, -0.2) is 0 Å². The molecule has 0 spiro atoms. The van der Waals surface area contributed by atoms with Crippen LogP contribution in [0.1, 0.15) is 19.5 Å². The minimum Gasteiger partial charge on any atom is -0.258 e. The van der Waals surface area contributed by atoms with Gasteiger partial charge in [0.15, 0.2) is 0 Å². The minimum atomic E-state index is 0.850. The normalized spacial score (nSPS) is 9.00. The lowest BCUT2D eigenvalue weighted by atomic mass is 10.2. The zero-order valence-corrected chi connectivity index (χ0v) is 9.31. The number of aromatic nitrogens is 3. The van der Waals surface area contributed by atoms with Gasteiger partial charge in [0.1, 0.15) is 5.69 Å². The quantitative estimate of drug-likeness (QED) is 0.712. The fourth-order valence-electron chi connectivity index (χ4n) is 1.16. The first-order chi connectivity index (χ1) is 7.38. The summed E-state index contributed by atoms with van der Waals surface area (Å²) in [6.45, 7) is 5.93. The summed E-state index contributed by atoms with van der Waals surface area (Å²) in [4.78, 5) is 12.6. The van der Waals surface area contributed by atoms with Crippen LogP contribution < -0.4 is 0 Å². The van der Waals surface area contributed by atoms with Crippen LogP contribution in [0.15, 0.2) is 36.8 Å². The van der Waals surface area contributed by atoms with Gasteiger partial charge in [0.05, 0.1) is 11.4 Å². The van der Waals surface area contributed by atoms with Crippen molar-refractivity contribution in [3.05, 3.63) is 42.5 Å². The first kappa shape index (κ1) is 11.3. The fraction of sp³-hybridized carbons (Fsp3) is 0.250. The maximum Gasteiger partial charge on any atom is 0.110 e. The van der Waals surface area contributed by atoms with E-state index in [2.05, 4.69) is 15.0 Å². The molecule has 0 saturated heterocycles. The summed E-state index contributed by atoms with van der Waals surface area (Å²) in [6.07, 6.45) is 5.11. The number of pyridine rings is 1. The number of hydrogen-bond acceptors (Lipinski definition) is 3. The molecule has 0 aliphatic carbocycles. The molecule has 0 unspecified atom stereocenters. The molecule has 0 amide bonds. The third-order valence-electron chi connectivity index (χ3n) is 1.79. The molecule has 0 fully saturated rings. The maximum atomic E-state index is 4.22. The Morgan fingerprint density at radius 3 is 2.20 bits per heavy atom. The number of hydrogen-bond donors (Lipinski definition) is 0. The summed E-state index contributed by atoms with van der Waals surface area (Å²) < 4.78 is 0. The summed E-state index contributed by atoms with van der Waals surface area (Å²) >= 11 is 0. The van der Waals surface area contributed by atoms with Crippen LogP contribution in [0.25, 0.3) is 11.4 Å². The monoisotopic (exact) mass is 201 g/mol. The van der Waals surface area contributed by atoms with Crippen molar-refractivity contribution in [3.63, 3.8) is 0 Å². The van der Waals surface area contributed by atoms with Gasteiger partial charge in [-0.2, -0.15) is 0 Å². The van der Waals surface area contributed by atoms with Crippen molar-refractivity contribution in [1.29, 1.82) is 0 Å². The average molecular weight is 201 g/mol. The van der Waals surface area contributed by atoms with Gasteiger partial charge in [-0.15, -0.1) is 0 Å². The van der Waals surface area contributed by atoms with E-state index >= 15 is 0 Å². The molecule has 2 aromatic rings. The second-order valence-electron chi connectivity index (χ2n) is 2.71. The van der Waals surface area contributed by atoms with E-state index in [0.29, 0.717) is 0 Å². The van der Waals surface area contributed by atoms with E-state index in [1.165, 1.54) is 0 Å². The lowest BCUT2D eigenvalue weighted by Gasteiger charge is -2.00. The highest BCUT2D eigenvalue weighted by Crippen LogP contribution is 2.14. The topological polar surface area (TPSA) is 38.7 Å². The van der Waals surface area contributed by atoms with Crippen molar-refractivity contribution in [2.24, 2.45) is 0 Å². The Labute approximate surface area is 90.2 Å². The Bertz CT molecular complexity index is 399. The number of aryl methyl sites for hydroxylation is 1. The van der Waals surface area contributed by atoms with E-state index in [-0.39, 0.29) is 0 Å². The molecule has 2 aromatic heterocycles. The number of rotatable bonds is 1. The standard InChI is InChI=1S/C10H9N3.C2H6/c1-8-10(13-7-6-11-8)9-4-2-3-5-12-9;1-2/h2-7H,1H3;1-2H3. The van der Waals surface area contributed by atoms with Crippen LogP contribution in [0.3, 0.4) is 0 Å². The highest BCUT2D eigenvalue weighted by Gasteiger charge is 2.02. The predicted molar refractivity (Wildman–Crippen MR) is 61.3 cm³/mol. The Morgan fingerprint density at radius 1 is 0.867 bits per heavy atom. The smallest absolute Gasteiger partial charge is 0.110 e. The molecule has 2 heterocycles. The molecule has 15 heavy (non-hydrogen) atoms. The second-order valence-corrected chi connectivity index (χ2v) is 2.71. The lowest BCUT2D eigenvalue weighted by molar-refractivity contribution is 1.11. The first-order valence-electron chi connectivity index (χ1n) is 5.07. The third kappa shape index (κ3) is 2.84.